The highest BCUT2D eigenvalue weighted by Crippen LogP contribution is 2.44. The number of carboxylic acid groups (broad SMARTS) is 1. The SMILES string of the molecule is CCC(CNC(=O)OCC1c2ccccc2-c2ccccc21)CC(=O)N[C@@H](CC)C(=O)O. The lowest BCUT2D eigenvalue weighted by Crippen LogP contribution is -2.41. The summed E-state index contributed by atoms with van der Waals surface area (Å²) in [5.41, 5.74) is 4.63. The molecule has 2 aromatic carbocycles. The molecule has 0 saturated heterocycles. The summed E-state index contributed by atoms with van der Waals surface area (Å²) in [5.74, 6) is -1.50. The maximum atomic E-state index is 12.3. The van der Waals surface area contributed by atoms with Crippen molar-refractivity contribution in [2.75, 3.05) is 13.2 Å². The van der Waals surface area contributed by atoms with Gasteiger partial charge in [-0.2, -0.15) is 0 Å². The molecule has 7 heteroatoms. The van der Waals surface area contributed by atoms with E-state index in [1.165, 1.54) is 11.1 Å². The number of hydrogen-bond acceptors (Lipinski definition) is 4. The van der Waals surface area contributed by atoms with Gasteiger partial charge in [-0.3, -0.25) is 4.79 Å². The molecule has 2 aromatic rings. The first kappa shape index (κ1) is 23.3. The Labute approximate surface area is 188 Å². The average molecular weight is 439 g/mol. The zero-order valence-electron chi connectivity index (χ0n) is 18.5. The van der Waals surface area contributed by atoms with Crippen LogP contribution in [0.3, 0.4) is 0 Å². The number of benzene rings is 2. The molecule has 2 atom stereocenters. The Hall–Kier alpha value is -3.35. The van der Waals surface area contributed by atoms with Crippen molar-refractivity contribution >= 4 is 18.0 Å². The Bertz CT molecular complexity index is 929. The molecule has 170 valence electrons. The Kier molecular flexibility index (Phi) is 7.87. The number of amides is 2. The first-order chi connectivity index (χ1) is 15.4. The third kappa shape index (κ3) is 5.46. The van der Waals surface area contributed by atoms with Gasteiger partial charge in [0.15, 0.2) is 0 Å². The van der Waals surface area contributed by atoms with Crippen LogP contribution in [0.1, 0.15) is 50.2 Å². The van der Waals surface area contributed by atoms with E-state index in [-0.39, 0.29) is 37.3 Å². The van der Waals surface area contributed by atoms with E-state index in [0.717, 1.165) is 11.1 Å². The largest absolute Gasteiger partial charge is 0.480 e. The van der Waals surface area contributed by atoms with Gasteiger partial charge in [-0.1, -0.05) is 68.8 Å². The first-order valence-electron chi connectivity index (χ1n) is 11.1. The summed E-state index contributed by atoms with van der Waals surface area (Å²) in [5, 5.41) is 14.3. The highest BCUT2D eigenvalue weighted by atomic mass is 16.5. The van der Waals surface area contributed by atoms with E-state index < -0.39 is 18.1 Å². The van der Waals surface area contributed by atoms with Gasteiger partial charge in [0, 0.05) is 18.9 Å². The van der Waals surface area contributed by atoms with E-state index in [1.54, 1.807) is 6.92 Å². The number of carbonyl (C=O) groups is 3. The zero-order valence-corrected chi connectivity index (χ0v) is 18.5. The van der Waals surface area contributed by atoms with Crippen LogP contribution in [0.25, 0.3) is 11.1 Å². The van der Waals surface area contributed by atoms with Crippen LogP contribution in [0.4, 0.5) is 4.79 Å². The highest BCUT2D eigenvalue weighted by Gasteiger charge is 2.29. The van der Waals surface area contributed by atoms with Gasteiger partial charge in [0.05, 0.1) is 0 Å². The van der Waals surface area contributed by atoms with E-state index in [0.29, 0.717) is 12.8 Å². The molecule has 32 heavy (non-hydrogen) atoms. The van der Waals surface area contributed by atoms with E-state index >= 15 is 0 Å². The van der Waals surface area contributed by atoms with Gasteiger partial charge in [-0.05, 0) is 34.6 Å². The number of ether oxygens (including phenoxy) is 1. The summed E-state index contributed by atoms with van der Waals surface area (Å²) in [6.07, 6.45) is 0.600. The minimum absolute atomic E-state index is 0.0112. The van der Waals surface area contributed by atoms with Crippen molar-refractivity contribution in [1.82, 2.24) is 10.6 Å². The summed E-state index contributed by atoms with van der Waals surface area (Å²) in [7, 11) is 0. The van der Waals surface area contributed by atoms with Gasteiger partial charge in [0.1, 0.15) is 12.6 Å². The number of aliphatic carboxylic acids is 1. The van der Waals surface area contributed by atoms with Crippen LogP contribution in [0, 0.1) is 5.92 Å². The Morgan fingerprint density at radius 2 is 1.56 bits per heavy atom. The van der Waals surface area contributed by atoms with Gasteiger partial charge in [-0.25, -0.2) is 9.59 Å². The molecule has 3 rings (SSSR count). The second-order valence-corrected chi connectivity index (χ2v) is 8.05. The third-order valence-corrected chi connectivity index (χ3v) is 5.97. The van der Waals surface area contributed by atoms with E-state index in [4.69, 9.17) is 9.84 Å². The summed E-state index contributed by atoms with van der Waals surface area (Å²) in [6, 6.07) is 15.4. The molecule has 1 unspecified atom stereocenters. The summed E-state index contributed by atoms with van der Waals surface area (Å²) in [4.78, 5) is 35.6. The Morgan fingerprint density at radius 3 is 2.09 bits per heavy atom. The molecule has 0 radical (unpaired) electrons. The molecule has 1 aliphatic rings. The van der Waals surface area contributed by atoms with Crippen LogP contribution in [0.2, 0.25) is 0 Å². The molecule has 0 heterocycles. The second kappa shape index (κ2) is 10.8. The lowest BCUT2D eigenvalue weighted by atomic mass is 9.98. The van der Waals surface area contributed by atoms with Gasteiger partial charge < -0.3 is 20.5 Å². The summed E-state index contributed by atoms with van der Waals surface area (Å²) in [6.45, 7) is 4.14. The molecule has 0 saturated carbocycles. The summed E-state index contributed by atoms with van der Waals surface area (Å²) >= 11 is 0. The van der Waals surface area contributed by atoms with E-state index in [2.05, 4.69) is 34.9 Å². The van der Waals surface area contributed by atoms with Crippen molar-refractivity contribution < 1.29 is 24.2 Å². The standard InChI is InChI=1S/C25H30N2O5/c1-3-16(13-23(28)27-22(4-2)24(29)30)14-26-25(31)32-15-21-19-11-7-5-9-17(19)18-10-6-8-12-20(18)21/h5-12,16,21-22H,3-4,13-15H2,1-2H3,(H,26,31)(H,27,28)(H,29,30)/t16?,22-/m0/s1. The van der Waals surface area contributed by atoms with Gasteiger partial charge >= 0.3 is 12.1 Å². The fourth-order valence-electron chi connectivity index (χ4n) is 4.09. The molecule has 7 nitrogen and oxygen atoms in total. The monoisotopic (exact) mass is 438 g/mol. The van der Waals surface area contributed by atoms with Crippen molar-refractivity contribution in [3.63, 3.8) is 0 Å². The van der Waals surface area contributed by atoms with Crippen LogP contribution in [0.15, 0.2) is 48.5 Å². The number of alkyl carbamates (subject to hydrolysis) is 1. The molecule has 0 aliphatic heterocycles. The lowest BCUT2D eigenvalue weighted by Gasteiger charge is -2.18. The predicted octanol–water partition coefficient (Wildman–Crippen LogP) is 3.92. The van der Waals surface area contributed by atoms with Crippen molar-refractivity contribution in [2.24, 2.45) is 5.92 Å². The lowest BCUT2D eigenvalue weighted by molar-refractivity contribution is -0.142. The number of nitrogens with one attached hydrogen (secondary N) is 2. The minimum Gasteiger partial charge on any atom is -0.480 e. The summed E-state index contributed by atoms with van der Waals surface area (Å²) < 4.78 is 5.52. The Balaban J connectivity index is 1.51. The van der Waals surface area contributed by atoms with E-state index in [9.17, 15) is 14.4 Å². The molecule has 0 spiro atoms. The van der Waals surface area contributed by atoms with Crippen molar-refractivity contribution in [3.8, 4) is 11.1 Å². The maximum Gasteiger partial charge on any atom is 0.407 e. The average Bonchev–Trinajstić information content (AvgIpc) is 3.12. The molecule has 3 N–H and O–H groups in total. The van der Waals surface area contributed by atoms with Gasteiger partial charge in [0.2, 0.25) is 5.91 Å². The van der Waals surface area contributed by atoms with E-state index in [1.807, 2.05) is 31.2 Å². The number of rotatable bonds is 10. The van der Waals surface area contributed by atoms with Crippen LogP contribution in [-0.2, 0) is 14.3 Å². The van der Waals surface area contributed by atoms with Crippen LogP contribution >= 0.6 is 0 Å². The van der Waals surface area contributed by atoms with Crippen molar-refractivity contribution in [2.45, 2.75) is 45.1 Å². The topological polar surface area (TPSA) is 105 Å². The quantitative estimate of drug-likeness (QED) is 0.521. The number of carboxylic acids is 1. The second-order valence-electron chi connectivity index (χ2n) is 8.05. The number of carbonyl (C=O) groups excluding carboxylic acids is 2. The van der Waals surface area contributed by atoms with Crippen LogP contribution in [0.5, 0.6) is 0 Å². The Morgan fingerprint density at radius 1 is 0.969 bits per heavy atom. The fourth-order valence-corrected chi connectivity index (χ4v) is 4.09. The number of hydrogen-bond donors (Lipinski definition) is 3. The maximum absolute atomic E-state index is 12.3. The first-order valence-corrected chi connectivity index (χ1v) is 11.1. The predicted molar refractivity (Wildman–Crippen MR) is 121 cm³/mol. The molecule has 1 aliphatic carbocycles. The molecule has 0 bridgehead atoms. The molecule has 0 aromatic heterocycles. The fraction of sp³-hybridized carbons (Fsp3) is 0.400. The minimum atomic E-state index is -1.05. The molecular formula is C25H30N2O5. The third-order valence-electron chi connectivity index (χ3n) is 5.97. The normalized spacial score (nSPS) is 14.1. The van der Waals surface area contributed by atoms with Gasteiger partial charge in [-0.15, -0.1) is 0 Å². The van der Waals surface area contributed by atoms with Crippen molar-refractivity contribution in [1.29, 1.82) is 0 Å². The smallest absolute Gasteiger partial charge is 0.407 e. The molecule has 0 fully saturated rings. The highest BCUT2D eigenvalue weighted by molar-refractivity contribution is 5.83. The van der Waals surface area contributed by atoms with Crippen LogP contribution in [-0.4, -0.2) is 42.3 Å². The van der Waals surface area contributed by atoms with Gasteiger partial charge in [0.25, 0.3) is 0 Å². The molecule has 2 amide bonds. The number of fused-ring (bicyclic) bond motifs is 3. The zero-order chi connectivity index (χ0) is 23.1. The molecular weight excluding hydrogens is 408 g/mol. The van der Waals surface area contributed by atoms with Crippen molar-refractivity contribution in [3.05, 3.63) is 59.7 Å². The van der Waals surface area contributed by atoms with Crippen LogP contribution < -0.4 is 10.6 Å².